The van der Waals surface area contributed by atoms with Crippen molar-refractivity contribution in [3.05, 3.63) is 32.5 Å². The first-order valence-electron chi connectivity index (χ1n) is 8.97. The van der Waals surface area contributed by atoms with Crippen molar-refractivity contribution in [1.82, 2.24) is 8.94 Å². The Bertz CT molecular complexity index is 1200. The van der Waals surface area contributed by atoms with Gasteiger partial charge in [0.05, 0.1) is 18.0 Å². The fraction of sp³-hybridized carbons (Fsp3) is 0.444. The molecule has 2 aliphatic rings. The van der Waals surface area contributed by atoms with Gasteiger partial charge >= 0.3 is 0 Å². The summed E-state index contributed by atoms with van der Waals surface area (Å²) in [4.78, 5) is 27.6. The van der Waals surface area contributed by atoms with E-state index in [1.54, 1.807) is 0 Å². The highest BCUT2D eigenvalue weighted by Crippen LogP contribution is 2.45. The van der Waals surface area contributed by atoms with Gasteiger partial charge in [0.1, 0.15) is 15.9 Å². The molecule has 3 heterocycles. The molecule has 0 spiro atoms. The van der Waals surface area contributed by atoms with Gasteiger partial charge in [-0.2, -0.15) is 0 Å². The van der Waals surface area contributed by atoms with Crippen molar-refractivity contribution in [2.45, 2.75) is 31.3 Å². The minimum absolute atomic E-state index is 0. The standard InChI is InChI=1S/C18H19FN4O3S.ClH/c1-26-16-13-10(6-11(19)14(16)22-5-4-8(20)7-22)15(24)12-17(25)21-27-18(12)23(13)9-2-3-9;/h6,8-9H,2-5,7,20H2,1H3,(H,21,25);1H/t8-;/m0./s1. The van der Waals surface area contributed by atoms with Crippen LogP contribution in [0.25, 0.3) is 21.1 Å². The van der Waals surface area contributed by atoms with E-state index in [1.807, 2.05) is 9.47 Å². The molecule has 150 valence electrons. The lowest BCUT2D eigenvalue weighted by Crippen LogP contribution is -2.27. The summed E-state index contributed by atoms with van der Waals surface area (Å²) < 4.78 is 25.4. The number of nitrogens with two attached hydrogens (primary N) is 1. The van der Waals surface area contributed by atoms with E-state index in [1.165, 1.54) is 13.2 Å². The third-order valence-electron chi connectivity index (χ3n) is 5.45. The Hall–Kier alpha value is -2.10. The second-order valence-electron chi connectivity index (χ2n) is 7.27. The second-order valence-corrected chi connectivity index (χ2v) is 8.07. The lowest BCUT2D eigenvalue weighted by Gasteiger charge is -2.24. The van der Waals surface area contributed by atoms with E-state index in [0.717, 1.165) is 30.8 Å². The number of aromatic amines is 1. The Balaban J connectivity index is 0.00000192. The molecule has 1 aromatic carbocycles. The van der Waals surface area contributed by atoms with Gasteiger partial charge in [-0.3, -0.25) is 14.0 Å². The molecule has 0 bridgehead atoms. The highest BCUT2D eigenvalue weighted by Gasteiger charge is 2.33. The molecule has 1 atom stereocenters. The molecule has 1 aliphatic heterocycles. The van der Waals surface area contributed by atoms with Gasteiger partial charge in [-0.15, -0.1) is 12.4 Å². The van der Waals surface area contributed by atoms with E-state index < -0.39 is 16.8 Å². The average molecular weight is 427 g/mol. The van der Waals surface area contributed by atoms with Crippen LogP contribution >= 0.6 is 23.9 Å². The predicted octanol–water partition coefficient (Wildman–Crippen LogP) is 2.35. The number of fused-ring (bicyclic) bond motifs is 2. The average Bonchev–Trinajstić information content (AvgIpc) is 3.28. The summed E-state index contributed by atoms with van der Waals surface area (Å²) in [6.45, 7) is 1.17. The van der Waals surface area contributed by atoms with Gasteiger partial charge in [0.2, 0.25) is 5.43 Å². The monoisotopic (exact) mass is 426 g/mol. The summed E-state index contributed by atoms with van der Waals surface area (Å²) >= 11 is 1.14. The van der Waals surface area contributed by atoms with Gasteiger partial charge in [-0.1, -0.05) is 0 Å². The number of pyridine rings is 1. The number of nitrogens with one attached hydrogen (secondary N) is 1. The normalized spacial score (nSPS) is 19.4. The number of benzene rings is 1. The number of hydrogen-bond acceptors (Lipinski definition) is 6. The smallest absolute Gasteiger partial charge is 0.271 e. The Morgan fingerprint density at radius 1 is 1.32 bits per heavy atom. The zero-order valence-corrected chi connectivity index (χ0v) is 16.8. The lowest BCUT2D eigenvalue weighted by atomic mass is 10.1. The summed E-state index contributed by atoms with van der Waals surface area (Å²) in [5, 5.41) is 0.275. The topological polar surface area (TPSA) is 93.3 Å². The van der Waals surface area contributed by atoms with Crippen molar-refractivity contribution in [2.75, 3.05) is 25.1 Å². The number of ether oxygens (including phenoxy) is 1. The quantitative estimate of drug-likeness (QED) is 0.670. The summed E-state index contributed by atoms with van der Waals surface area (Å²) in [6, 6.07) is 1.40. The Kier molecular flexibility index (Phi) is 4.64. The van der Waals surface area contributed by atoms with E-state index in [2.05, 4.69) is 4.37 Å². The van der Waals surface area contributed by atoms with Crippen LogP contribution in [0, 0.1) is 5.82 Å². The highest BCUT2D eigenvalue weighted by atomic mass is 35.5. The zero-order valence-electron chi connectivity index (χ0n) is 15.2. The first kappa shape index (κ1) is 19.2. The van der Waals surface area contributed by atoms with Crippen LogP contribution in [0.5, 0.6) is 5.75 Å². The van der Waals surface area contributed by atoms with Crippen molar-refractivity contribution < 1.29 is 9.13 Å². The zero-order chi connectivity index (χ0) is 18.9. The number of methoxy groups -OCH3 is 1. The van der Waals surface area contributed by atoms with Gasteiger partial charge in [0.25, 0.3) is 5.56 Å². The lowest BCUT2D eigenvalue weighted by molar-refractivity contribution is 0.414. The first-order valence-corrected chi connectivity index (χ1v) is 9.79. The van der Waals surface area contributed by atoms with E-state index >= 15 is 4.39 Å². The molecule has 2 aromatic heterocycles. The van der Waals surface area contributed by atoms with E-state index in [0.29, 0.717) is 34.9 Å². The number of H-pyrrole nitrogens is 1. The third-order valence-corrected chi connectivity index (χ3v) is 6.33. The molecule has 5 rings (SSSR count). The van der Waals surface area contributed by atoms with Crippen LogP contribution < -0.4 is 26.4 Å². The number of hydrogen-bond donors (Lipinski definition) is 2. The van der Waals surface area contributed by atoms with Crippen molar-refractivity contribution in [1.29, 1.82) is 0 Å². The fourth-order valence-electron chi connectivity index (χ4n) is 4.08. The molecule has 3 aromatic rings. The van der Waals surface area contributed by atoms with Crippen LogP contribution in [0.15, 0.2) is 15.7 Å². The van der Waals surface area contributed by atoms with Gasteiger partial charge in [-0.25, -0.2) is 4.39 Å². The van der Waals surface area contributed by atoms with E-state index in [9.17, 15) is 9.59 Å². The van der Waals surface area contributed by atoms with E-state index in [-0.39, 0.29) is 35.3 Å². The predicted molar refractivity (Wildman–Crippen MR) is 111 cm³/mol. The summed E-state index contributed by atoms with van der Waals surface area (Å²) in [6.07, 6.45) is 2.67. The minimum atomic E-state index is -0.529. The maximum atomic E-state index is 15.1. The van der Waals surface area contributed by atoms with Gasteiger partial charge < -0.3 is 19.9 Å². The SMILES string of the molecule is COc1c(N2CC[C@H](N)C2)c(F)cc2c(=O)c3c(=O)[nH]sc3n(C3CC3)c12.Cl. The van der Waals surface area contributed by atoms with Crippen LogP contribution in [-0.2, 0) is 0 Å². The van der Waals surface area contributed by atoms with Gasteiger partial charge in [0, 0.05) is 25.2 Å². The van der Waals surface area contributed by atoms with Gasteiger partial charge in [-0.05, 0) is 36.9 Å². The number of halogens is 2. The maximum Gasteiger partial charge on any atom is 0.271 e. The number of anilines is 1. The molecule has 0 unspecified atom stereocenters. The molecular weight excluding hydrogens is 407 g/mol. The molecule has 3 N–H and O–H groups in total. The Morgan fingerprint density at radius 2 is 2.07 bits per heavy atom. The highest BCUT2D eigenvalue weighted by molar-refractivity contribution is 7.12. The second kappa shape index (κ2) is 6.75. The van der Waals surface area contributed by atoms with Crippen molar-refractivity contribution in [2.24, 2.45) is 5.73 Å². The number of nitrogens with zero attached hydrogens (tertiary/aromatic N) is 2. The Labute approximate surface area is 169 Å². The molecular formula is C18H20ClFN4O3S. The molecule has 0 amide bonds. The van der Waals surface area contributed by atoms with Crippen molar-refractivity contribution in [3.63, 3.8) is 0 Å². The van der Waals surface area contributed by atoms with Gasteiger partial charge in [0.15, 0.2) is 11.6 Å². The van der Waals surface area contributed by atoms with Crippen LogP contribution in [0.4, 0.5) is 10.1 Å². The fourth-order valence-corrected chi connectivity index (χ4v) is 5.00. The molecule has 28 heavy (non-hydrogen) atoms. The molecule has 1 saturated heterocycles. The first-order chi connectivity index (χ1) is 13.0. The summed E-state index contributed by atoms with van der Waals surface area (Å²) in [5.41, 5.74) is 6.03. The van der Waals surface area contributed by atoms with Crippen LogP contribution in [0.3, 0.4) is 0 Å². The van der Waals surface area contributed by atoms with E-state index in [4.69, 9.17) is 10.5 Å². The van der Waals surface area contributed by atoms with Crippen LogP contribution in [-0.4, -0.2) is 35.2 Å². The van der Waals surface area contributed by atoms with Crippen molar-refractivity contribution >= 4 is 50.7 Å². The van der Waals surface area contributed by atoms with Crippen LogP contribution in [0.1, 0.15) is 25.3 Å². The maximum absolute atomic E-state index is 15.1. The van der Waals surface area contributed by atoms with Crippen LogP contribution in [0.2, 0.25) is 0 Å². The Morgan fingerprint density at radius 3 is 2.68 bits per heavy atom. The molecule has 0 radical (unpaired) electrons. The molecule has 7 nitrogen and oxygen atoms in total. The molecule has 2 fully saturated rings. The summed E-state index contributed by atoms with van der Waals surface area (Å²) in [5.74, 6) is -0.190. The largest absolute Gasteiger partial charge is 0.492 e. The summed E-state index contributed by atoms with van der Waals surface area (Å²) in [7, 11) is 1.49. The minimum Gasteiger partial charge on any atom is -0.492 e. The molecule has 10 heteroatoms. The number of aromatic nitrogens is 2. The number of rotatable bonds is 3. The molecule has 1 saturated carbocycles. The third kappa shape index (κ3) is 2.64. The molecule has 1 aliphatic carbocycles. The van der Waals surface area contributed by atoms with Crippen molar-refractivity contribution in [3.8, 4) is 5.75 Å².